The molecule has 0 aromatic rings. The van der Waals surface area contributed by atoms with Crippen molar-refractivity contribution in [3.05, 3.63) is 0 Å². The number of esters is 1. The van der Waals surface area contributed by atoms with E-state index in [9.17, 15) is 4.79 Å². The summed E-state index contributed by atoms with van der Waals surface area (Å²) in [6, 6.07) is 0. The molecule has 0 saturated carbocycles. The van der Waals surface area contributed by atoms with Crippen LogP contribution in [-0.4, -0.2) is 36.9 Å². The van der Waals surface area contributed by atoms with E-state index in [1.54, 1.807) is 7.11 Å². The van der Waals surface area contributed by atoms with Gasteiger partial charge in [0.2, 0.25) is 0 Å². The zero-order chi connectivity index (χ0) is 13.1. The Bertz CT molecular complexity index is 271. The summed E-state index contributed by atoms with van der Waals surface area (Å²) >= 11 is 3.68. The first-order chi connectivity index (χ1) is 7.96. The second-order valence-corrected chi connectivity index (χ2v) is 6.23. The van der Waals surface area contributed by atoms with Gasteiger partial charge in [-0.05, 0) is 6.42 Å². The Morgan fingerprint density at radius 2 is 2.12 bits per heavy atom. The molecule has 0 aromatic heterocycles. The highest BCUT2D eigenvalue weighted by molar-refractivity contribution is 9.10. The van der Waals surface area contributed by atoms with Crippen LogP contribution in [0.2, 0.25) is 0 Å². The Kier molecular flexibility index (Phi) is 5.41. The Hall–Kier alpha value is -0.130. The minimum atomic E-state index is -0.328. The van der Waals surface area contributed by atoms with Crippen molar-refractivity contribution in [1.29, 1.82) is 0 Å². The second-order valence-electron chi connectivity index (χ2n) is 4.65. The predicted molar refractivity (Wildman–Crippen MR) is 68.0 cm³/mol. The average molecular weight is 309 g/mol. The number of halogens is 1. The molecule has 1 rings (SSSR count). The lowest BCUT2D eigenvalue weighted by atomic mass is 9.85. The number of rotatable bonds is 6. The summed E-state index contributed by atoms with van der Waals surface area (Å²) in [6.45, 7) is 6.72. The van der Waals surface area contributed by atoms with Crippen LogP contribution in [0.5, 0.6) is 0 Å². The van der Waals surface area contributed by atoms with Gasteiger partial charge in [-0.25, -0.2) is 0 Å². The molecule has 0 amide bonds. The van der Waals surface area contributed by atoms with Crippen molar-refractivity contribution in [2.45, 2.75) is 37.6 Å². The third kappa shape index (κ3) is 3.20. The molecule has 0 aliphatic carbocycles. The molecule has 1 aliphatic heterocycles. The van der Waals surface area contributed by atoms with Crippen LogP contribution in [0.15, 0.2) is 0 Å². The van der Waals surface area contributed by atoms with Gasteiger partial charge in [-0.1, -0.05) is 36.7 Å². The SMILES string of the molecule is CCC(Br)(COCOC)[C@H]1OC(=O)[C@H](C)[C@@H]1C. The Labute approximate surface area is 111 Å². The molecule has 0 aromatic carbocycles. The van der Waals surface area contributed by atoms with E-state index in [1.807, 2.05) is 13.8 Å². The van der Waals surface area contributed by atoms with Crippen LogP contribution in [0, 0.1) is 11.8 Å². The molecule has 4 atom stereocenters. The molecule has 1 saturated heterocycles. The number of methoxy groups -OCH3 is 1. The smallest absolute Gasteiger partial charge is 0.309 e. The van der Waals surface area contributed by atoms with E-state index in [4.69, 9.17) is 14.2 Å². The average Bonchev–Trinajstić information content (AvgIpc) is 2.57. The number of cyclic esters (lactones) is 1. The van der Waals surface area contributed by atoms with E-state index < -0.39 is 0 Å². The summed E-state index contributed by atoms with van der Waals surface area (Å²) in [5, 5.41) is 0. The molecule has 1 heterocycles. The van der Waals surface area contributed by atoms with Gasteiger partial charge in [0.1, 0.15) is 12.9 Å². The van der Waals surface area contributed by atoms with Crippen LogP contribution in [0.4, 0.5) is 0 Å². The van der Waals surface area contributed by atoms with E-state index in [2.05, 4.69) is 22.9 Å². The highest BCUT2D eigenvalue weighted by Gasteiger charge is 2.49. The maximum absolute atomic E-state index is 11.6. The fourth-order valence-electron chi connectivity index (χ4n) is 2.07. The summed E-state index contributed by atoms with van der Waals surface area (Å²) in [5.41, 5.74) is 0. The minimum Gasteiger partial charge on any atom is -0.460 e. The maximum atomic E-state index is 11.6. The highest BCUT2D eigenvalue weighted by Crippen LogP contribution is 2.40. The van der Waals surface area contributed by atoms with Gasteiger partial charge in [0.25, 0.3) is 0 Å². The fraction of sp³-hybridized carbons (Fsp3) is 0.917. The first kappa shape index (κ1) is 14.9. The van der Waals surface area contributed by atoms with Gasteiger partial charge >= 0.3 is 5.97 Å². The molecule has 1 fully saturated rings. The number of alkyl halides is 1. The molecule has 100 valence electrons. The number of hydrogen-bond donors (Lipinski definition) is 0. The second kappa shape index (κ2) is 6.16. The molecule has 5 heteroatoms. The van der Waals surface area contributed by atoms with Crippen molar-refractivity contribution in [2.24, 2.45) is 11.8 Å². The topological polar surface area (TPSA) is 44.8 Å². The minimum absolute atomic E-state index is 0.0501. The number of hydrogen-bond acceptors (Lipinski definition) is 4. The first-order valence-corrected chi connectivity index (χ1v) is 6.71. The molecule has 0 spiro atoms. The zero-order valence-corrected chi connectivity index (χ0v) is 12.5. The Morgan fingerprint density at radius 1 is 1.47 bits per heavy atom. The normalized spacial score (nSPS) is 32.3. The summed E-state index contributed by atoms with van der Waals surface area (Å²) in [5.74, 6) is 0.0189. The van der Waals surface area contributed by atoms with Gasteiger partial charge in [0, 0.05) is 13.0 Å². The van der Waals surface area contributed by atoms with Gasteiger partial charge in [0.15, 0.2) is 0 Å². The predicted octanol–water partition coefficient (Wildman–Crippen LogP) is 2.35. The van der Waals surface area contributed by atoms with E-state index in [0.717, 1.165) is 6.42 Å². The number of carbonyl (C=O) groups is 1. The maximum Gasteiger partial charge on any atom is 0.309 e. The monoisotopic (exact) mass is 308 g/mol. The van der Waals surface area contributed by atoms with Gasteiger partial charge < -0.3 is 14.2 Å². The van der Waals surface area contributed by atoms with Gasteiger partial charge in [-0.3, -0.25) is 4.79 Å². The van der Waals surface area contributed by atoms with Crippen LogP contribution < -0.4 is 0 Å². The molecule has 0 radical (unpaired) electrons. The largest absolute Gasteiger partial charge is 0.460 e. The summed E-state index contributed by atoms with van der Waals surface area (Å²) in [4.78, 5) is 11.6. The quantitative estimate of drug-likeness (QED) is 0.327. The molecule has 1 aliphatic rings. The van der Waals surface area contributed by atoms with Crippen molar-refractivity contribution >= 4 is 21.9 Å². The van der Waals surface area contributed by atoms with Crippen molar-refractivity contribution in [1.82, 2.24) is 0 Å². The lowest BCUT2D eigenvalue weighted by Crippen LogP contribution is -2.43. The molecule has 0 bridgehead atoms. The first-order valence-electron chi connectivity index (χ1n) is 5.92. The van der Waals surface area contributed by atoms with Crippen molar-refractivity contribution in [3.8, 4) is 0 Å². The zero-order valence-electron chi connectivity index (χ0n) is 10.9. The van der Waals surface area contributed by atoms with Gasteiger partial charge in [0.05, 0.1) is 16.8 Å². The molecular formula is C12H21BrO4. The van der Waals surface area contributed by atoms with E-state index in [-0.39, 0.29) is 35.0 Å². The third-order valence-corrected chi connectivity index (χ3v) is 4.76. The van der Waals surface area contributed by atoms with Gasteiger partial charge in [-0.2, -0.15) is 0 Å². The van der Waals surface area contributed by atoms with Crippen LogP contribution in [0.25, 0.3) is 0 Å². The number of carbonyl (C=O) groups excluding carboxylic acids is 1. The summed E-state index contributed by atoms with van der Waals surface area (Å²) in [7, 11) is 1.59. The van der Waals surface area contributed by atoms with Crippen LogP contribution in [0.3, 0.4) is 0 Å². The molecule has 0 N–H and O–H groups in total. The van der Waals surface area contributed by atoms with E-state index in [1.165, 1.54) is 0 Å². The molecule has 4 nitrogen and oxygen atoms in total. The van der Waals surface area contributed by atoms with Crippen molar-refractivity contribution in [3.63, 3.8) is 0 Å². The van der Waals surface area contributed by atoms with Crippen molar-refractivity contribution in [2.75, 3.05) is 20.5 Å². The third-order valence-electron chi connectivity index (χ3n) is 3.52. The molecular weight excluding hydrogens is 288 g/mol. The summed E-state index contributed by atoms with van der Waals surface area (Å²) < 4.78 is 15.4. The Morgan fingerprint density at radius 3 is 2.53 bits per heavy atom. The highest BCUT2D eigenvalue weighted by atomic mass is 79.9. The number of ether oxygens (including phenoxy) is 3. The Balaban J connectivity index is 2.69. The molecule has 17 heavy (non-hydrogen) atoms. The lowest BCUT2D eigenvalue weighted by Gasteiger charge is -2.33. The van der Waals surface area contributed by atoms with E-state index >= 15 is 0 Å². The molecule has 1 unspecified atom stereocenters. The fourth-order valence-corrected chi connectivity index (χ4v) is 2.75. The van der Waals surface area contributed by atoms with Crippen LogP contribution in [-0.2, 0) is 19.0 Å². The summed E-state index contributed by atoms with van der Waals surface area (Å²) in [6.07, 6.45) is 0.679. The van der Waals surface area contributed by atoms with Crippen molar-refractivity contribution < 1.29 is 19.0 Å². The van der Waals surface area contributed by atoms with Crippen LogP contribution >= 0.6 is 15.9 Å². The van der Waals surface area contributed by atoms with Crippen LogP contribution in [0.1, 0.15) is 27.2 Å². The van der Waals surface area contributed by atoms with Gasteiger partial charge in [-0.15, -0.1) is 0 Å². The van der Waals surface area contributed by atoms with E-state index in [0.29, 0.717) is 6.61 Å². The lowest BCUT2D eigenvalue weighted by molar-refractivity contribution is -0.146. The standard InChI is InChI=1S/C12H21BrO4/c1-5-12(13,6-16-7-15-4)10-8(2)9(3)11(14)17-10/h8-10H,5-7H2,1-4H3/t8-,9+,10-,12?/m0/s1.